The molecule has 1 heterocycles. The largest absolute Gasteiger partial charge is 0.477 e. The summed E-state index contributed by atoms with van der Waals surface area (Å²) in [6, 6.07) is 7.73. The number of benzene rings is 1. The lowest BCUT2D eigenvalue weighted by molar-refractivity contribution is 0.0684. The Labute approximate surface area is 124 Å². The van der Waals surface area contributed by atoms with Gasteiger partial charge in [0.1, 0.15) is 11.5 Å². The van der Waals surface area contributed by atoms with E-state index in [1.54, 1.807) is 22.8 Å². The van der Waals surface area contributed by atoms with Crippen molar-refractivity contribution < 1.29 is 14.3 Å². The van der Waals surface area contributed by atoms with Crippen molar-refractivity contribution in [2.45, 2.75) is 33.2 Å². The fraction of sp³-hybridized carbons (Fsp3) is 0.353. The number of rotatable bonds is 5. The van der Waals surface area contributed by atoms with E-state index in [1.807, 2.05) is 13.1 Å². The van der Waals surface area contributed by atoms with Gasteiger partial charge in [0.25, 0.3) is 0 Å². The Kier molecular flexibility index (Phi) is 4.46. The van der Waals surface area contributed by atoms with Crippen LogP contribution >= 0.6 is 0 Å². The fourth-order valence-corrected chi connectivity index (χ4v) is 2.51. The van der Waals surface area contributed by atoms with Crippen molar-refractivity contribution in [3.05, 3.63) is 59.2 Å². The highest BCUT2D eigenvalue weighted by atomic mass is 19.1. The fourth-order valence-electron chi connectivity index (χ4n) is 2.51. The molecule has 1 aromatic heterocycles. The molecule has 112 valence electrons. The van der Waals surface area contributed by atoms with Gasteiger partial charge in [0, 0.05) is 6.20 Å². The normalized spacial score (nSPS) is 12.6. The molecule has 0 aliphatic carbocycles. The average Bonchev–Trinajstić information content (AvgIpc) is 2.82. The van der Waals surface area contributed by atoms with Crippen molar-refractivity contribution in [3.63, 3.8) is 0 Å². The molecule has 1 N–H and O–H groups in total. The number of halogens is 1. The van der Waals surface area contributed by atoms with E-state index in [4.69, 9.17) is 0 Å². The summed E-state index contributed by atoms with van der Waals surface area (Å²) in [7, 11) is 0. The zero-order valence-corrected chi connectivity index (χ0v) is 12.5. The molecule has 0 bridgehead atoms. The molecular weight excluding hydrogens is 269 g/mol. The van der Waals surface area contributed by atoms with E-state index in [2.05, 4.69) is 13.8 Å². The SMILES string of the molecule is CC(C)Cc1cc(C(=O)O)n(C(C)c2ccc(F)cc2)c1. The Balaban J connectivity index is 2.38. The van der Waals surface area contributed by atoms with Gasteiger partial charge in [0.2, 0.25) is 0 Å². The quantitative estimate of drug-likeness (QED) is 0.899. The molecule has 21 heavy (non-hydrogen) atoms. The summed E-state index contributed by atoms with van der Waals surface area (Å²) < 4.78 is 14.8. The molecule has 0 aliphatic rings. The highest BCUT2D eigenvalue weighted by Gasteiger charge is 2.18. The maximum Gasteiger partial charge on any atom is 0.352 e. The van der Waals surface area contributed by atoms with Crippen LogP contribution in [0.4, 0.5) is 4.39 Å². The van der Waals surface area contributed by atoms with Crippen LogP contribution in [-0.2, 0) is 6.42 Å². The third-order valence-electron chi connectivity index (χ3n) is 3.54. The zero-order chi connectivity index (χ0) is 15.6. The van der Waals surface area contributed by atoms with Crippen LogP contribution < -0.4 is 0 Å². The molecule has 3 nitrogen and oxygen atoms in total. The molecule has 1 unspecified atom stereocenters. The van der Waals surface area contributed by atoms with Gasteiger partial charge in [0.05, 0.1) is 6.04 Å². The lowest BCUT2D eigenvalue weighted by atomic mass is 10.1. The second-order valence-electron chi connectivity index (χ2n) is 5.77. The number of carbonyl (C=O) groups is 1. The Bertz CT molecular complexity index is 629. The molecule has 4 heteroatoms. The van der Waals surface area contributed by atoms with Crippen LogP contribution in [-0.4, -0.2) is 15.6 Å². The lowest BCUT2D eigenvalue weighted by Crippen LogP contribution is -2.12. The first-order valence-electron chi connectivity index (χ1n) is 7.08. The Morgan fingerprint density at radius 3 is 2.38 bits per heavy atom. The number of nitrogens with zero attached hydrogens (tertiary/aromatic N) is 1. The highest BCUT2D eigenvalue weighted by Crippen LogP contribution is 2.23. The molecule has 1 atom stereocenters. The van der Waals surface area contributed by atoms with Crippen molar-refractivity contribution in [3.8, 4) is 0 Å². The minimum atomic E-state index is -0.945. The molecule has 2 rings (SSSR count). The molecular formula is C17H20FNO2. The predicted molar refractivity (Wildman–Crippen MR) is 80.1 cm³/mol. The van der Waals surface area contributed by atoms with E-state index < -0.39 is 5.97 Å². The van der Waals surface area contributed by atoms with Crippen molar-refractivity contribution in [1.29, 1.82) is 0 Å². The van der Waals surface area contributed by atoms with E-state index in [0.29, 0.717) is 5.92 Å². The van der Waals surface area contributed by atoms with Gasteiger partial charge in [-0.25, -0.2) is 9.18 Å². The Hall–Kier alpha value is -2.10. The molecule has 0 spiro atoms. The Morgan fingerprint density at radius 2 is 1.86 bits per heavy atom. The van der Waals surface area contributed by atoms with E-state index in [9.17, 15) is 14.3 Å². The van der Waals surface area contributed by atoms with Crippen LogP contribution in [0, 0.1) is 11.7 Å². The summed E-state index contributed by atoms with van der Waals surface area (Å²) in [4.78, 5) is 11.4. The van der Waals surface area contributed by atoms with E-state index in [-0.39, 0.29) is 17.6 Å². The number of aromatic carboxylic acids is 1. The van der Waals surface area contributed by atoms with Gasteiger partial charge in [-0.1, -0.05) is 26.0 Å². The standard InChI is InChI=1S/C17H20FNO2/c1-11(2)8-13-9-16(17(20)21)19(10-13)12(3)14-4-6-15(18)7-5-14/h4-7,9-12H,8H2,1-3H3,(H,20,21). The van der Waals surface area contributed by atoms with Crippen LogP contribution in [0.1, 0.15) is 48.4 Å². The summed E-state index contributed by atoms with van der Waals surface area (Å²) in [5.41, 5.74) is 2.16. The van der Waals surface area contributed by atoms with Crippen LogP contribution in [0.25, 0.3) is 0 Å². The van der Waals surface area contributed by atoms with Gasteiger partial charge in [-0.2, -0.15) is 0 Å². The Morgan fingerprint density at radius 1 is 1.24 bits per heavy atom. The van der Waals surface area contributed by atoms with Gasteiger partial charge in [-0.15, -0.1) is 0 Å². The van der Waals surface area contributed by atoms with Gasteiger partial charge < -0.3 is 9.67 Å². The number of aromatic nitrogens is 1. The molecule has 0 radical (unpaired) electrons. The third-order valence-corrected chi connectivity index (χ3v) is 3.54. The maximum absolute atomic E-state index is 13.0. The van der Waals surface area contributed by atoms with Gasteiger partial charge in [0.15, 0.2) is 0 Å². The smallest absolute Gasteiger partial charge is 0.352 e. The first-order valence-corrected chi connectivity index (χ1v) is 7.08. The molecule has 0 saturated heterocycles. The minimum Gasteiger partial charge on any atom is -0.477 e. The summed E-state index contributed by atoms with van der Waals surface area (Å²) >= 11 is 0. The molecule has 1 aromatic carbocycles. The number of carboxylic acids is 1. The second-order valence-corrected chi connectivity index (χ2v) is 5.77. The van der Waals surface area contributed by atoms with Gasteiger partial charge in [-0.3, -0.25) is 0 Å². The lowest BCUT2D eigenvalue weighted by Gasteiger charge is -2.16. The highest BCUT2D eigenvalue weighted by molar-refractivity contribution is 5.86. The number of hydrogen-bond donors (Lipinski definition) is 1. The van der Waals surface area contributed by atoms with E-state index >= 15 is 0 Å². The summed E-state index contributed by atoms with van der Waals surface area (Å²) in [5, 5.41) is 9.37. The van der Waals surface area contributed by atoms with E-state index in [1.165, 1.54) is 12.1 Å². The van der Waals surface area contributed by atoms with E-state index in [0.717, 1.165) is 17.5 Å². The predicted octanol–water partition coefficient (Wildman–Crippen LogP) is 4.13. The van der Waals surface area contributed by atoms with Crippen molar-refractivity contribution in [2.24, 2.45) is 5.92 Å². The molecule has 0 amide bonds. The van der Waals surface area contributed by atoms with Gasteiger partial charge >= 0.3 is 5.97 Å². The molecule has 0 aliphatic heterocycles. The monoisotopic (exact) mass is 289 g/mol. The second kappa shape index (κ2) is 6.12. The van der Waals surface area contributed by atoms with Crippen LogP contribution in [0.3, 0.4) is 0 Å². The number of carboxylic acid groups (broad SMARTS) is 1. The van der Waals surface area contributed by atoms with Gasteiger partial charge in [-0.05, 0) is 48.6 Å². The zero-order valence-electron chi connectivity index (χ0n) is 12.5. The first-order chi connectivity index (χ1) is 9.88. The van der Waals surface area contributed by atoms with Crippen LogP contribution in [0.2, 0.25) is 0 Å². The van der Waals surface area contributed by atoms with Crippen LogP contribution in [0.5, 0.6) is 0 Å². The van der Waals surface area contributed by atoms with Crippen molar-refractivity contribution in [2.75, 3.05) is 0 Å². The molecule has 0 fully saturated rings. The first kappa shape index (κ1) is 15.3. The summed E-state index contributed by atoms with van der Waals surface area (Å²) in [6.07, 6.45) is 2.72. The van der Waals surface area contributed by atoms with Crippen molar-refractivity contribution >= 4 is 5.97 Å². The van der Waals surface area contributed by atoms with Crippen LogP contribution in [0.15, 0.2) is 36.5 Å². The molecule has 2 aromatic rings. The third kappa shape index (κ3) is 3.51. The topological polar surface area (TPSA) is 42.2 Å². The molecule has 0 saturated carbocycles. The maximum atomic E-state index is 13.0. The summed E-state index contributed by atoms with van der Waals surface area (Å²) in [5.74, 6) is -0.778. The summed E-state index contributed by atoms with van der Waals surface area (Å²) in [6.45, 7) is 6.11. The minimum absolute atomic E-state index is 0.155. The number of hydrogen-bond acceptors (Lipinski definition) is 1. The average molecular weight is 289 g/mol. The van der Waals surface area contributed by atoms with Crippen molar-refractivity contribution in [1.82, 2.24) is 4.57 Å².